The third-order valence-electron chi connectivity index (χ3n) is 2.98. The first-order valence-electron chi connectivity index (χ1n) is 6.71. The highest BCUT2D eigenvalue weighted by Crippen LogP contribution is 2.22. The molecule has 0 spiro atoms. The maximum absolute atomic E-state index is 11.8. The molecule has 0 aliphatic carbocycles. The van der Waals surface area contributed by atoms with Crippen LogP contribution in [0.15, 0.2) is 42.4 Å². The highest BCUT2D eigenvalue weighted by atomic mass is 16.7. The van der Waals surface area contributed by atoms with Crippen molar-refractivity contribution in [2.45, 2.75) is 19.6 Å². The van der Waals surface area contributed by atoms with Crippen molar-refractivity contribution in [1.82, 2.24) is 20.2 Å². The van der Waals surface area contributed by atoms with Crippen LogP contribution in [0.4, 0.5) is 5.69 Å². The Morgan fingerprint density at radius 2 is 1.78 bits per heavy atom. The first kappa shape index (κ1) is 14.7. The summed E-state index contributed by atoms with van der Waals surface area (Å²) >= 11 is 0. The second-order valence-corrected chi connectivity index (χ2v) is 5.18. The largest absolute Gasteiger partial charge is 0.419 e. The Morgan fingerprint density at radius 3 is 2.35 bits per heavy atom. The van der Waals surface area contributed by atoms with Crippen LogP contribution in [-0.4, -0.2) is 37.9 Å². The average Bonchev–Trinajstić information content (AvgIpc) is 3.00. The summed E-state index contributed by atoms with van der Waals surface area (Å²) in [4.78, 5) is 23.6. The number of benzene rings is 1. The maximum Gasteiger partial charge on any atom is 0.350 e. The monoisotopic (exact) mass is 315 g/mol. The van der Waals surface area contributed by atoms with Gasteiger partial charge in [-0.2, -0.15) is 0 Å². The highest BCUT2D eigenvalue weighted by Gasteiger charge is 2.38. The van der Waals surface area contributed by atoms with Crippen LogP contribution in [0.25, 0.3) is 5.69 Å². The molecule has 1 aromatic carbocycles. The van der Waals surface area contributed by atoms with Gasteiger partial charge in [0.25, 0.3) is 5.79 Å². The Kier molecular flexibility index (Phi) is 3.53. The van der Waals surface area contributed by atoms with E-state index in [1.54, 1.807) is 24.3 Å². The van der Waals surface area contributed by atoms with E-state index in [-0.39, 0.29) is 5.57 Å². The Labute approximate surface area is 130 Å². The zero-order chi connectivity index (χ0) is 16.4. The van der Waals surface area contributed by atoms with Crippen LogP contribution in [0, 0.1) is 0 Å². The van der Waals surface area contributed by atoms with Gasteiger partial charge in [0.1, 0.15) is 6.33 Å². The number of carbonyl (C=O) groups excluding carboxylic acids is 2. The number of carbonyl (C=O) groups is 2. The summed E-state index contributed by atoms with van der Waals surface area (Å²) in [5.74, 6) is -2.72. The Morgan fingerprint density at radius 1 is 1.13 bits per heavy atom. The van der Waals surface area contributed by atoms with E-state index in [4.69, 9.17) is 9.47 Å². The molecule has 1 saturated heterocycles. The van der Waals surface area contributed by atoms with Crippen LogP contribution in [-0.2, 0) is 19.1 Å². The minimum atomic E-state index is -1.25. The number of cyclic esters (lactones) is 2. The zero-order valence-corrected chi connectivity index (χ0v) is 12.4. The molecule has 0 unspecified atom stereocenters. The number of nitrogens with one attached hydrogen (secondary N) is 1. The fraction of sp³-hybridized carbons (Fsp3) is 0.214. The number of anilines is 1. The van der Waals surface area contributed by atoms with E-state index in [1.807, 2.05) is 0 Å². The van der Waals surface area contributed by atoms with Crippen molar-refractivity contribution in [3.05, 3.63) is 42.4 Å². The van der Waals surface area contributed by atoms with Crippen LogP contribution in [0.5, 0.6) is 0 Å². The second kappa shape index (κ2) is 5.52. The fourth-order valence-corrected chi connectivity index (χ4v) is 1.92. The van der Waals surface area contributed by atoms with Gasteiger partial charge in [0.05, 0.1) is 5.69 Å². The summed E-state index contributed by atoms with van der Waals surface area (Å²) in [5.41, 5.74) is 1.24. The van der Waals surface area contributed by atoms with Crippen LogP contribution < -0.4 is 5.32 Å². The maximum atomic E-state index is 11.8. The summed E-state index contributed by atoms with van der Waals surface area (Å²) < 4.78 is 11.5. The molecule has 9 nitrogen and oxygen atoms in total. The van der Waals surface area contributed by atoms with Gasteiger partial charge in [-0.15, -0.1) is 5.10 Å². The lowest BCUT2D eigenvalue weighted by atomic mass is 10.2. The molecule has 1 aromatic heterocycles. The van der Waals surface area contributed by atoms with Gasteiger partial charge in [-0.05, 0) is 34.7 Å². The topological polar surface area (TPSA) is 108 Å². The summed E-state index contributed by atoms with van der Waals surface area (Å²) in [6, 6.07) is 7.05. The molecule has 1 N–H and O–H groups in total. The van der Waals surface area contributed by atoms with Gasteiger partial charge in [0, 0.05) is 25.7 Å². The number of nitrogens with zero attached hydrogens (tertiary/aromatic N) is 4. The molecule has 3 rings (SSSR count). The van der Waals surface area contributed by atoms with Crippen molar-refractivity contribution >= 4 is 17.6 Å². The molecule has 1 aliphatic rings. The average molecular weight is 315 g/mol. The van der Waals surface area contributed by atoms with E-state index >= 15 is 0 Å². The summed E-state index contributed by atoms with van der Waals surface area (Å²) in [5, 5.41) is 13.7. The second-order valence-electron chi connectivity index (χ2n) is 5.18. The van der Waals surface area contributed by atoms with Gasteiger partial charge in [-0.25, -0.2) is 14.3 Å². The third kappa shape index (κ3) is 3.18. The first-order chi connectivity index (χ1) is 10.9. The standard InChI is InChI=1S/C14H13N5O4/c1-14(2)22-12(20)11(13(21)23-14)7-15-9-3-5-10(6-4-9)19-8-16-17-18-19/h3-8,15H,1-2H3. The van der Waals surface area contributed by atoms with E-state index in [2.05, 4.69) is 20.8 Å². The van der Waals surface area contributed by atoms with Gasteiger partial charge < -0.3 is 14.8 Å². The summed E-state index contributed by atoms with van der Waals surface area (Å²) in [6.45, 7) is 2.98. The third-order valence-corrected chi connectivity index (χ3v) is 2.98. The molecular weight excluding hydrogens is 302 g/mol. The normalized spacial score (nSPS) is 16.5. The molecule has 1 fully saturated rings. The van der Waals surface area contributed by atoms with Crippen LogP contribution >= 0.6 is 0 Å². The van der Waals surface area contributed by atoms with Crippen LogP contribution in [0.1, 0.15) is 13.8 Å². The van der Waals surface area contributed by atoms with E-state index in [0.29, 0.717) is 5.69 Å². The number of ether oxygens (including phenoxy) is 2. The first-order valence-corrected chi connectivity index (χ1v) is 6.71. The zero-order valence-electron chi connectivity index (χ0n) is 12.4. The molecule has 2 aromatic rings. The van der Waals surface area contributed by atoms with Crippen molar-refractivity contribution < 1.29 is 19.1 Å². The van der Waals surface area contributed by atoms with Crippen molar-refractivity contribution in [1.29, 1.82) is 0 Å². The van der Waals surface area contributed by atoms with Gasteiger partial charge in [0.2, 0.25) is 0 Å². The van der Waals surface area contributed by atoms with Gasteiger partial charge in [-0.1, -0.05) is 0 Å². The lowest BCUT2D eigenvalue weighted by Gasteiger charge is -2.29. The van der Waals surface area contributed by atoms with Crippen LogP contribution in [0.2, 0.25) is 0 Å². The van der Waals surface area contributed by atoms with E-state index in [1.165, 1.54) is 31.1 Å². The van der Waals surface area contributed by atoms with E-state index in [0.717, 1.165) is 5.69 Å². The molecule has 0 atom stereocenters. The number of hydrogen-bond acceptors (Lipinski definition) is 8. The minimum Gasteiger partial charge on any atom is -0.419 e. The predicted octanol–water partition coefficient (Wildman–Crippen LogP) is 0.794. The molecule has 0 radical (unpaired) electrons. The lowest BCUT2D eigenvalue weighted by molar-refractivity contribution is -0.222. The molecule has 23 heavy (non-hydrogen) atoms. The molecule has 1 aliphatic heterocycles. The van der Waals surface area contributed by atoms with Crippen molar-refractivity contribution in [3.8, 4) is 5.69 Å². The molecule has 9 heteroatoms. The van der Waals surface area contributed by atoms with Crippen molar-refractivity contribution in [3.63, 3.8) is 0 Å². The number of rotatable bonds is 3. The lowest BCUT2D eigenvalue weighted by Crippen LogP contribution is -2.42. The minimum absolute atomic E-state index is 0.200. The SMILES string of the molecule is CC1(C)OC(=O)C(=CNc2ccc(-n3cnnn3)cc2)C(=O)O1. The Bertz CT molecular complexity index is 743. The molecular formula is C14H13N5O4. The van der Waals surface area contributed by atoms with Gasteiger partial charge in [-0.3, -0.25) is 0 Å². The fourth-order valence-electron chi connectivity index (χ4n) is 1.92. The smallest absolute Gasteiger partial charge is 0.350 e. The Hall–Kier alpha value is -3.23. The van der Waals surface area contributed by atoms with E-state index < -0.39 is 17.7 Å². The highest BCUT2D eigenvalue weighted by molar-refractivity contribution is 6.15. The van der Waals surface area contributed by atoms with Crippen molar-refractivity contribution in [2.24, 2.45) is 0 Å². The Balaban J connectivity index is 1.72. The quantitative estimate of drug-likeness (QED) is 0.503. The van der Waals surface area contributed by atoms with Crippen LogP contribution in [0.3, 0.4) is 0 Å². The number of hydrogen-bond donors (Lipinski definition) is 1. The van der Waals surface area contributed by atoms with Gasteiger partial charge >= 0.3 is 11.9 Å². The predicted molar refractivity (Wildman–Crippen MR) is 77.1 cm³/mol. The molecule has 0 bridgehead atoms. The molecule has 2 heterocycles. The van der Waals surface area contributed by atoms with E-state index in [9.17, 15) is 9.59 Å². The molecule has 118 valence electrons. The number of aromatic nitrogens is 4. The molecule has 0 amide bonds. The number of tetrazole rings is 1. The summed E-state index contributed by atoms with van der Waals surface area (Å²) in [7, 11) is 0. The number of esters is 2. The molecule has 0 saturated carbocycles. The van der Waals surface area contributed by atoms with Gasteiger partial charge in [0.15, 0.2) is 5.57 Å². The summed E-state index contributed by atoms with van der Waals surface area (Å²) in [6.07, 6.45) is 2.73. The van der Waals surface area contributed by atoms with Crippen molar-refractivity contribution in [2.75, 3.05) is 5.32 Å².